The largest absolute Gasteiger partial charge is 0.493 e. The third-order valence-corrected chi connectivity index (χ3v) is 3.34. The quantitative estimate of drug-likeness (QED) is 0.768. The molecule has 3 heteroatoms. The fourth-order valence-corrected chi connectivity index (χ4v) is 2.32. The molecule has 0 radical (unpaired) electrons. The Hall–Kier alpha value is -1.54. The molecule has 1 heterocycles. The van der Waals surface area contributed by atoms with Crippen molar-refractivity contribution in [1.29, 1.82) is 0 Å². The Bertz CT molecular complexity index is 517. The van der Waals surface area contributed by atoms with E-state index in [1.165, 1.54) is 5.56 Å². The van der Waals surface area contributed by atoms with Gasteiger partial charge in [0.2, 0.25) is 0 Å². The van der Waals surface area contributed by atoms with Crippen LogP contribution in [0.4, 0.5) is 0 Å². The van der Waals surface area contributed by atoms with E-state index in [1.807, 2.05) is 12.3 Å². The standard InChI is InChI=1S/C16H18ClNO/c1-12-8-15(10-17)9-13(2)16(12)19-7-5-14-4-3-6-18-11-14/h3-4,6,8-9,11H,5,7,10H2,1-2H3. The zero-order valence-electron chi connectivity index (χ0n) is 11.3. The number of halogens is 1. The second-order valence-corrected chi connectivity index (χ2v) is 4.92. The highest BCUT2D eigenvalue weighted by Crippen LogP contribution is 2.25. The van der Waals surface area contributed by atoms with Crippen LogP contribution in [0, 0.1) is 13.8 Å². The van der Waals surface area contributed by atoms with Gasteiger partial charge < -0.3 is 4.74 Å². The molecule has 2 aromatic rings. The van der Waals surface area contributed by atoms with E-state index in [0.29, 0.717) is 12.5 Å². The van der Waals surface area contributed by atoms with Gasteiger partial charge in [-0.15, -0.1) is 11.6 Å². The normalized spacial score (nSPS) is 10.5. The Morgan fingerprint density at radius 1 is 1.16 bits per heavy atom. The molecule has 0 fully saturated rings. The second-order valence-electron chi connectivity index (χ2n) is 4.65. The lowest BCUT2D eigenvalue weighted by Crippen LogP contribution is -2.04. The summed E-state index contributed by atoms with van der Waals surface area (Å²) >= 11 is 5.86. The number of hydrogen-bond acceptors (Lipinski definition) is 2. The lowest BCUT2D eigenvalue weighted by atomic mass is 10.1. The van der Waals surface area contributed by atoms with Crippen LogP contribution in [0.25, 0.3) is 0 Å². The summed E-state index contributed by atoms with van der Waals surface area (Å²) in [7, 11) is 0. The Labute approximate surface area is 119 Å². The monoisotopic (exact) mass is 275 g/mol. The first kappa shape index (κ1) is 13.9. The molecule has 0 saturated carbocycles. The lowest BCUT2D eigenvalue weighted by molar-refractivity contribution is 0.317. The van der Waals surface area contributed by atoms with E-state index in [-0.39, 0.29) is 0 Å². The number of aryl methyl sites for hydroxylation is 2. The average molecular weight is 276 g/mol. The van der Waals surface area contributed by atoms with E-state index in [0.717, 1.165) is 28.9 Å². The molecular weight excluding hydrogens is 258 g/mol. The van der Waals surface area contributed by atoms with Crippen LogP contribution >= 0.6 is 11.6 Å². The van der Waals surface area contributed by atoms with Crippen LogP contribution in [-0.4, -0.2) is 11.6 Å². The van der Waals surface area contributed by atoms with Crippen LogP contribution in [-0.2, 0) is 12.3 Å². The minimum atomic E-state index is 0.539. The van der Waals surface area contributed by atoms with Crippen molar-refractivity contribution in [1.82, 2.24) is 4.98 Å². The molecule has 0 aliphatic rings. The summed E-state index contributed by atoms with van der Waals surface area (Å²) < 4.78 is 5.90. The number of alkyl halides is 1. The molecular formula is C16H18ClNO. The maximum atomic E-state index is 5.90. The molecule has 0 unspecified atom stereocenters. The van der Waals surface area contributed by atoms with E-state index < -0.39 is 0 Å². The molecule has 0 N–H and O–H groups in total. The zero-order chi connectivity index (χ0) is 13.7. The highest BCUT2D eigenvalue weighted by Gasteiger charge is 2.06. The molecule has 0 aliphatic carbocycles. The maximum Gasteiger partial charge on any atom is 0.125 e. The molecule has 2 nitrogen and oxygen atoms in total. The third-order valence-electron chi connectivity index (χ3n) is 3.03. The van der Waals surface area contributed by atoms with Crippen LogP contribution in [0.15, 0.2) is 36.7 Å². The smallest absolute Gasteiger partial charge is 0.125 e. The van der Waals surface area contributed by atoms with Crippen LogP contribution in [0.2, 0.25) is 0 Å². The summed E-state index contributed by atoms with van der Waals surface area (Å²) in [6.45, 7) is 4.78. The van der Waals surface area contributed by atoms with Gasteiger partial charge in [0.25, 0.3) is 0 Å². The van der Waals surface area contributed by atoms with E-state index in [9.17, 15) is 0 Å². The van der Waals surface area contributed by atoms with Gasteiger partial charge >= 0.3 is 0 Å². The van der Waals surface area contributed by atoms with E-state index >= 15 is 0 Å². The zero-order valence-corrected chi connectivity index (χ0v) is 12.1. The number of nitrogens with zero attached hydrogens (tertiary/aromatic N) is 1. The molecule has 100 valence electrons. The van der Waals surface area contributed by atoms with Gasteiger partial charge in [-0.3, -0.25) is 4.98 Å². The minimum absolute atomic E-state index is 0.539. The van der Waals surface area contributed by atoms with Gasteiger partial charge in [0, 0.05) is 24.7 Å². The molecule has 0 amide bonds. The fourth-order valence-electron chi connectivity index (χ4n) is 2.16. The van der Waals surface area contributed by atoms with Crippen molar-refractivity contribution in [3.05, 3.63) is 58.9 Å². The van der Waals surface area contributed by atoms with Gasteiger partial charge in [-0.1, -0.05) is 18.2 Å². The summed E-state index contributed by atoms with van der Waals surface area (Å²) in [5, 5.41) is 0. The summed E-state index contributed by atoms with van der Waals surface area (Å²) in [5.74, 6) is 1.51. The Balaban J connectivity index is 2.00. The lowest BCUT2D eigenvalue weighted by Gasteiger charge is -2.13. The summed E-state index contributed by atoms with van der Waals surface area (Å²) in [5.41, 5.74) is 4.61. The molecule has 0 bridgehead atoms. The highest BCUT2D eigenvalue weighted by atomic mass is 35.5. The number of pyridine rings is 1. The SMILES string of the molecule is Cc1cc(CCl)cc(C)c1OCCc1cccnc1. The van der Waals surface area contributed by atoms with Crippen molar-refractivity contribution in [3.8, 4) is 5.75 Å². The number of ether oxygens (including phenoxy) is 1. The topological polar surface area (TPSA) is 22.1 Å². The van der Waals surface area contributed by atoms with Crippen molar-refractivity contribution in [3.63, 3.8) is 0 Å². The van der Waals surface area contributed by atoms with Gasteiger partial charge in [-0.2, -0.15) is 0 Å². The Morgan fingerprint density at radius 2 is 1.89 bits per heavy atom. The van der Waals surface area contributed by atoms with Gasteiger partial charge in [-0.05, 0) is 42.2 Å². The van der Waals surface area contributed by atoms with Crippen molar-refractivity contribution >= 4 is 11.6 Å². The van der Waals surface area contributed by atoms with Gasteiger partial charge in [0.05, 0.1) is 6.61 Å². The average Bonchev–Trinajstić information content (AvgIpc) is 2.42. The molecule has 19 heavy (non-hydrogen) atoms. The molecule has 2 rings (SSSR count). The van der Waals surface area contributed by atoms with E-state index in [2.05, 4.69) is 37.0 Å². The van der Waals surface area contributed by atoms with Crippen molar-refractivity contribution in [2.24, 2.45) is 0 Å². The van der Waals surface area contributed by atoms with Gasteiger partial charge in [0.1, 0.15) is 5.75 Å². The molecule has 0 aliphatic heterocycles. The number of hydrogen-bond donors (Lipinski definition) is 0. The van der Waals surface area contributed by atoms with E-state index in [4.69, 9.17) is 16.3 Å². The summed E-state index contributed by atoms with van der Waals surface area (Å²) in [4.78, 5) is 4.10. The molecule has 1 aromatic heterocycles. The van der Waals surface area contributed by atoms with Crippen molar-refractivity contribution < 1.29 is 4.74 Å². The molecule has 0 saturated heterocycles. The van der Waals surface area contributed by atoms with Crippen LogP contribution in [0.3, 0.4) is 0 Å². The first-order valence-electron chi connectivity index (χ1n) is 6.38. The predicted molar refractivity (Wildman–Crippen MR) is 78.9 cm³/mol. The highest BCUT2D eigenvalue weighted by molar-refractivity contribution is 6.17. The predicted octanol–water partition coefficient (Wildman–Crippen LogP) is 4.06. The van der Waals surface area contributed by atoms with Gasteiger partial charge in [0.15, 0.2) is 0 Å². The number of rotatable bonds is 5. The van der Waals surface area contributed by atoms with Crippen LogP contribution in [0.5, 0.6) is 5.75 Å². The molecule has 1 aromatic carbocycles. The van der Waals surface area contributed by atoms with Crippen molar-refractivity contribution in [2.75, 3.05) is 6.61 Å². The third kappa shape index (κ3) is 3.71. The first-order valence-corrected chi connectivity index (χ1v) is 6.92. The fraction of sp³-hybridized carbons (Fsp3) is 0.312. The Kier molecular flexibility index (Phi) is 4.80. The number of aromatic nitrogens is 1. The molecule has 0 spiro atoms. The second kappa shape index (κ2) is 6.58. The van der Waals surface area contributed by atoms with Gasteiger partial charge in [-0.25, -0.2) is 0 Å². The van der Waals surface area contributed by atoms with Crippen LogP contribution < -0.4 is 4.74 Å². The Morgan fingerprint density at radius 3 is 2.47 bits per heavy atom. The first-order chi connectivity index (χ1) is 9.20. The number of benzene rings is 1. The van der Waals surface area contributed by atoms with Crippen molar-refractivity contribution in [2.45, 2.75) is 26.1 Å². The van der Waals surface area contributed by atoms with Crippen LogP contribution in [0.1, 0.15) is 22.3 Å². The summed E-state index contributed by atoms with van der Waals surface area (Å²) in [6, 6.07) is 8.17. The molecule has 0 atom stereocenters. The minimum Gasteiger partial charge on any atom is -0.493 e. The van der Waals surface area contributed by atoms with E-state index in [1.54, 1.807) is 6.20 Å². The maximum absolute atomic E-state index is 5.90. The summed E-state index contributed by atoms with van der Waals surface area (Å²) in [6.07, 6.45) is 4.52.